The van der Waals surface area contributed by atoms with Gasteiger partial charge in [-0.25, -0.2) is 8.78 Å². The number of alkyl halides is 1. The van der Waals surface area contributed by atoms with Gasteiger partial charge in [-0.2, -0.15) is 0 Å². The second kappa shape index (κ2) is 5.70. The number of aliphatic hydroxyl groups is 1. The number of fused-ring (bicyclic) bond motifs is 1. The zero-order chi connectivity index (χ0) is 15.0. The summed E-state index contributed by atoms with van der Waals surface area (Å²) in [6.07, 6.45) is 1.73. The number of aliphatic hydroxyl groups excluding tert-OH is 1. The lowest BCUT2D eigenvalue weighted by Crippen LogP contribution is -2.09. The van der Waals surface area contributed by atoms with Gasteiger partial charge in [0.15, 0.2) is 11.6 Å². The molecule has 3 rings (SSSR count). The topological polar surface area (TPSA) is 33.1 Å². The summed E-state index contributed by atoms with van der Waals surface area (Å²) in [6.45, 7) is 0. The van der Waals surface area contributed by atoms with Crippen LogP contribution in [0.2, 0.25) is 0 Å². The highest BCUT2D eigenvalue weighted by atomic mass is 35.5. The van der Waals surface area contributed by atoms with Gasteiger partial charge >= 0.3 is 0 Å². The Balaban J connectivity index is 2.07. The van der Waals surface area contributed by atoms with Crippen molar-refractivity contribution in [2.45, 2.75) is 30.2 Å². The van der Waals surface area contributed by atoms with Crippen LogP contribution in [0.25, 0.3) is 0 Å². The first-order valence-corrected chi connectivity index (χ1v) is 7.24. The molecule has 0 unspecified atom stereocenters. The van der Waals surface area contributed by atoms with E-state index >= 15 is 0 Å². The van der Waals surface area contributed by atoms with Crippen LogP contribution in [0.1, 0.15) is 47.1 Å². The molecule has 1 aromatic carbocycles. The van der Waals surface area contributed by atoms with Crippen LogP contribution in [0.3, 0.4) is 0 Å². The van der Waals surface area contributed by atoms with Gasteiger partial charge in [-0.3, -0.25) is 4.98 Å². The normalized spacial score (nSPS) is 25.2. The first kappa shape index (κ1) is 14.4. The Morgan fingerprint density at radius 2 is 1.86 bits per heavy atom. The molecular weight excluding hydrogens is 296 g/mol. The molecule has 2 nitrogen and oxygen atoms in total. The lowest BCUT2D eigenvalue weighted by Gasteiger charge is -2.21. The number of halogens is 3. The minimum Gasteiger partial charge on any atom is -0.387 e. The first-order chi connectivity index (χ1) is 10.1. The Labute approximate surface area is 126 Å². The van der Waals surface area contributed by atoms with E-state index in [1.165, 1.54) is 6.07 Å². The summed E-state index contributed by atoms with van der Waals surface area (Å²) < 4.78 is 27.5. The van der Waals surface area contributed by atoms with Crippen molar-refractivity contribution < 1.29 is 13.9 Å². The highest BCUT2D eigenvalue weighted by Crippen LogP contribution is 2.46. The van der Waals surface area contributed by atoms with E-state index in [9.17, 15) is 13.9 Å². The molecule has 1 heterocycles. The standard InChI is InChI=1S/C16H14ClF2NO/c17-14-9(10-3-1-5-12(18)15(10)19)6-7-13(21)16-11(14)4-2-8-20-16/h1-5,8-9,13-14,21H,6-7H2/t9-,13+,14+/m0/s1. The molecule has 0 fully saturated rings. The molecule has 21 heavy (non-hydrogen) atoms. The number of aromatic nitrogens is 1. The van der Waals surface area contributed by atoms with Gasteiger partial charge in [0, 0.05) is 12.1 Å². The summed E-state index contributed by atoms with van der Waals surface area (Å²) in [6, 6.07) is 7.61. The molecule has 1 N–H and O–H groups in total. The van der Waals surface area contributed by atoms with Gasteiger partial charge in [-0.05, 0) is 36.1 Å². The molecule has 110 valence electrons. The molecule has 0 aliphatic heterocycles. The monoisotopic (exact) mass is 309 g/mol. The summed E-state index contributed by atoms with van der Waals surface area (Å²) in [5.41, 5.74) is 1.45. The highest BCUT2D eigenvalue weighted by molar-refractivity contribution is 6.21. The van der Waals surface area contributed by atoms with Crippen molar-refractivity contribution in [3.63, 3.8) is 0 Å². The minimum atomic E-state index is -0.882. The predicted octanol–water partition coefficient (Wildman–Crippen LogP) is 4.25. The summed E-state index contributed by atoms with van der Waals surface area (Å²) in [7, 11) is 0. The lowest BCUT2D eigenvalue weighted by atomic mass is 9.89. The van der Waals surface area contributed by atoms with Crippen molar-refractivity contribution in [1.82, 2.24) is 4.98 Å². The number of hydrogen-bond acceptors (Lipinski definition) is 2. The molecule has 0 saturated carbocycles. The average molecular weight is 310 g/mol. The van der Waals surface area contributed by atoms with Gasteiger partial charge in [-0.1, -0.05) is 18.2 Å². The molecule has 0 amide bonds. The molecule has 3 atom stereocenters. The summed E-state index contributed by atoms with van der Waals surface area (Å²) in [4.78, 5) is 4.18. The van der Waals surface area contributed by atoms with Crippen molar-refractivity contribution in [3.8, 4) is 0 Å². The quantitative estimate of drug-likeness (QED) is 0.631. The van der Waals surface area contributed by atoms with Crippen LogP contribution in [0.5, 0.6) is 0 Å². The number of hydrogen-bond donors (Lipinski definition) is 1. The molecular formula is C16H14ClF2NO. The van der Waals surface area contributed by atoms with E-state index in [2.05, 4.69) is 4.98 Å². The number of rotatable bonds is 1. The Kier molecular flexibility index (Phi) is 3.91. The molecule has 1 aromatic heterocycles. The van der Waals surface area contributed by atoms with Crippen LogP contribution in [-0.4, -0.2) is 10.1 Å². The minimum absolute atomic E-state index is 0.249. The number of nitrogens with zero attached hydrogens (tertiary/aromatic N) is 1. The van der Waals surface area contributed by atoms with Crippen LogP contribution in [0, 0.1) is 11.6 Å². The predicted molar refractivity (Wildman–Crippen MR) is 76.1 cm³/mol. The molecule has 1 aliphatic rings. The zero-order valence-electron chi connectivity index (χ0n) is 11.1. The van der Waals surface area contributed by atoms with Crippen molar-refractivity contribution in [1.29, 1.82) is 0 Å². The van der Waals surface area contributed by atoms with Gasteiger partial charge in [-0.15, -0.1) is 11.6 Å². The number of pyridine rings is 1. The van der Waals surface area contributed by atoms with Crippen molar-refractivity contribution in [2.75, 3.05) is 0 Å². The van der Waals surface area contributed by atoms with Gasteiger partial charge in [0.05, 0.1) is 17.2 Å². The molecule has 0 bridgehead atoms. The van der Waals surface area contributed by atoms with E-state index in [0.717, 1.165) is 6.07 Å². The maximum absolute atomic E-state index is 14.1. The Morgan fingerprint density at radius 3 is 2.67 bits per heavy atom. The molecule has 0 radical (unpaired) electrons. The third-order valence-corrected chi connectivity index (χ3v) is 4.51. The Morgan fingerprint density at radius 1 is 1.10 bits per heavy atom. The first-order valence-electron chi connectivity index (χ1n) is 6.80. The fourth-order valence-corrected chi connectivity index (χ4v) is 3.35. The summed E-state index contributed by atoms with van der Waals surface area (Å²) in [5.74, 6) is -2.15. The second-order valence-electron chi connectivity index (χ2n) is 5.22. The van der Waals surface area contributed by atoms with E-state index in [-0.39, 0.29) is 5.56 Å². The zero-order valence-corrected chi connectivity index (χ0v) is 11.9. The Hall–Kier alpha value is -1.52. The van der Waals surface area contributed by atoms with Crippen molar-refractivity contribution in [3.05, 3.63) is 65.0 Å². The average Bonchev–Trinajstić information content (AvgIpc) is 2.62. The second-order valence-corrected chi connectivity index (χ2v) is 5.69. The lowest BCUT2D eigenvalue weighted by molar-refractivity contribution is 0.160. The third-order valence-electron chi connectivity index (χ3n) is 3.97. The molecule has 0 saturated heterocycles. The third kappa shape index (κ3) is 2.54. The van der Waals surface area contributed by atoms with Crippen LogP contribution in [0.15, 0.2) is 36.5 Å². The smallest absolute Gasteiger partial charge is 0.162 e. The largest absolute Gasteiger partial charge is 0.387 e. The Bertz CT molecular complexity index is 664. The van der Waals surface area contributed by atoms with Crippen molar-refractivity contribution in [2.24, 2.45) is 0 Å². The maximum atomic E-state index is 14.1. The number of benzene rings is 1. The van der Waals surface area contributed by atoms with E-state index < -0.39 is 29.0 Å². The molecule has 2 aromatic rings. The van der Waals surface area contributed by atoms with E-state index in [1.54, 1.807) is 24.4 Å². The van der Waals surface area contributed by atoms with E-state index in [0.29, 0.717) is 24.1 Å². The van der Waals surface area contributed by atoms with Crippen LogP contribution >= 0.6 is 11.6 Å². The molecule has 1 aliphatic carbocycles. The van der Waals surface area contributed by atoms with E-state index in [4.69, 9.17) is 11.6 Å². The van der Waals surface area contributed by atoms with Crippen LogP contribution in [-0.2, 0) is 0 Å². The summed E-state index contributed by atoms with van der Waals surface area (Å²) >= 11 is 6.50. The molecule has 5 heteroatoms. The van der Waals surface area contributed by atoms with Gasteiger partial charge < -0.3 is 5.11 Å². The van der Waals surface area contributed by atoms with Crippen LogP contribution in [0.4, 0.5) is 8.78 Å². The van der Waals surface area contributed by atoms with Crippen molar-refractivity contribution >= 4 is 11.6 Å². The van der Waals surface area contributed by atoms with Gasteiger partial charge in [0.25, 0.3) is 0 Å². The fraction of sp³-hybridized carbons (Fsp3) is 0.312. The summed E-state index contributed by atoms with van der Waals surface area (Å²) in [5, 5.41) is 9.61. The van der Waals surface area contributed by atoms with Gasteiger partial charge in [0.2, 0.25) is 0 Å². The van der Waals surface area contributed by atoms with Gasteiger partial charge in [0.1, 0.15) is 0 Å². The van der Waals surface area contributed by atoms with Crippen LogP contribution < -0.4 is 0 Å². The SMILES string of the molecule is O[C@@H]1CC[C@@H](c2cccc(F)c2F)[C@@H](Cl)c2cccnc21. The highest BCUT2D eigenvalue weighted by Gasteiger charge is 2.33. The maximum Gasteiger partial charge on any atom is 0.162 e. The van der Waals surface area contributed by atoms with E-state index in [1.807, 2.05) is 0 Å². The molecule has 0 spiro atoms. The fourth-order valence-electron chi connectivity index (χ4n) is 2.90.